The lowest BCUT2D eigenvalue weighted by Gasteiger charge is -2.56. The second-order valence-electron chi connectivity index (χ2n) is 13.6. The molecule has 224 valence electrons. The van der Waals surface area contributed by atoms with E-state index in [0.29, 0.717) is 0 Å². The summed E-state index contributed by atoms with van der Waals surface area (Å²) < 4.78 is 19.5. The van der Waals surface area contributed by atoms with Crippen molar-refractivity contribution in [3.63, 3.8) is 0 Å². The predicted octanol–water partition coefficient (Wildman–Crippen LogP) is 7.52. The van der Waals surface area contributed by atoms with Crippen LogP contribution in [0.2, 0.25) is 0 Å². The summed E-state index contributed by atoms with van der Waals surface area (Å²) in [4.78, 5) is 12.7. The van der Waals surface area contributed by atoms with Gasteiger partial charge in [-0.3, -0.25) is 4.90 Å². The van der Waals surface area contributed by atoms with Crippen LogP contribution in [0.4, 0.5) is 5.69 Å². The molecular weight excluding hydrogens is 530 g/mol. The normalized spacial score (nSPS) is 21.1. The average molecular weight is 580 g/mol. The van der Waals surface area contributed by atoms with Gasteiger partial charge in [0, 0.05) is 53.7 Å². The molecule has 2 saturated heterocycles. The Morgan fingerprint density at radius 3 is 2.12 bits per heavy atom. The highest BCUT2D eigenvalue weighted by molar-refractivity contribution is 7.99. The summed E-state index contributed by atoms with van der Waals surface area (Å²) in [6.07, 6.45) is 3.04. The smallest absolute Gasteiger partial charge is 0.158 e. The molecule has 0 spiro atoms. The maximum Gasteiger partial charge on any atom is 0.158 e. The Bertz CT molecular complexity index is 1240. The van der Waals surface area contributed by atoms with Crippen molar-refractivity contribution in [2.24, 2.45) is 4.99 Å². The fourth-order valence-electron chi connectivity index (χ4n) is 5.93. The quantitative estimate of drug-likeness (QED) is 0.338. The minimum Gasteiger partial charge on any atom is -0.365 e. The SMILES string of the molecule is CC(C)(OC1CCCCO1)C(C)(C)OC(C)(C)C(C)(C)N1CCN(C2=Nc3ccccc3Sc3ccccc32)CC1. The maximum absolute atomic E-state index is 7.03. The molecule has 0 aromatic heterocycles. The topological polar surface area (TPSA) is 46.5 Å². The van der Waals surface area contributed by atoms with E-state index in [1.54, 1.807) is 0 Å². The van der Waals surface area contributed by atoms with Crippen LogP contribution in [0, 0.1) is 0 Å². The predicted molar refractivity (Wildman–Crippen MR) is 168 cm³/mol. The van der Waals surface area contributed by atoms with E-state index >= 15 is 0 Å². The molecule has 2 fully saturated rings. The number of ether oxygens (including phenoxy) is 3. The molecule has 41 heavy (non-hydrogen) atoms. The molecule has 3 heterocycles. The Labute approximate surface area is 251 Å². The van der Waals surface area contributed by atoms with Gasteiger partial charge < -0.3 is 19.1 Å². The number of rotatable bonds is 7. The van der Waals surface area contributed by atoms with Crippen LogP contribution in [-0.4, -0.2) is 77.1 Å². The molecule has 1 unspecified atom stereocenters. The van der Waals surface area contributed by atoms with Crippen LogP contribution in [-0.2, 0) is 14.2 Å². The lowest BCUT2D eigenvalue weighted by Crippen LogP contribution is -2.67. The number of aliphatic imine (C=N–C) groups is 1. The van der Waals surface area contributed by atoms with E-state index < -0.39 is 16.8 Å². The Kier molecular flexibility index (Phi) is 8.68. The number of fused-ring (bicyclic) bond motifs is 2. The first kappa shape index (κ1) is 30.6. The van der Waals surface area contributed by atoms with Crippen molar-refractivity contribution in [1.29, 1.82) is 0 Å². The molecule has 0 amide bonds. The van der Waals surface area contributed by atoms with Crippen molar-refractivity contribution < 1.29 is 14.2 Å². The molecule has 1 atom stereocenters. The Balaban J connectivity index is 1.29. The molecule has 0 aliphatic carbocycles. The van der Waals surface area contributed by atoms with Gasteiger partial charge in [-0.1, -0.05) is 42.1 Å². The Morgan fingerprint density at radius 2 is 1.44 bits per heavy atom. The molecule has 7 heteroatoms. The summed E-state index contributed by atoms with van der Waals surface area (Å²) in [6, 6.07) is 17.1. The average Bonchev–Trinajstić information content (AvgIpc) is 3.09. The first-order valence-electron chi connectivity index (χ1n) is 15.3. The fourth-order valence-corrected chi connectivity index (χ4v) is 6.95. The van der Waals surface area contributed by atoms with E-state index in [-0.39, 0.29) is 11.8 Å². The summed E-state index contributed by atoms with van der Waals surface area (Å²) in [5.74, 6) is 1.08. The molecule has 5 rings (SSSR count). The molecule has 0 N–H and O–H groups in total. The largest absolute Gasteiger partial charge is 0.365 e. The highest BCUT2D eigenvalue weighted by atomic mass is 32.2. The third-order valence-electron chi connectivity index (χ3n) is 9.81. The number of nitrogens with zero attached hydrogens (tertiary/aromatic N) is 3. The van der Waals surface area contributed by atoms with Gasteiger partial charge in [-0.2, -0.15) is 0 Å². The summed E-state index contributed by atoms with van der Waals surface area (Å²) >= 11 is 1.81. The molecule has 0 bridgehead atoms. The number of piperazine rings is 1. The standard InChI is InChI=1S/C34H49N3O3S/c1-31(2,32(3,4)40-34(7,8)33(5,6)39-29-19-13-14-24-38-29)37-22-20-36(21-23-37)30-25-15-9-11-17-27(25)41-28-18-12-10-16-26(28)35-30/h9-12,15-18,29H,13-14,19-24H2,1-8H3. The van der Waals surface area contributed by atoms with Gasteiger partial charge in [-0.25, -0.2) is 4.99 Å². The van der Waals surface area contributed by atoms with Gasteiger partial charge in [0.2, 0.25) is 0 Å². The zero-order chi connectivity index (χ0) is 29.5. The lowest BCUT2D eigenvalue weighted by molar-refractivity contribution is -0.295. The van der Waals surface area contributed by atoms with Crippen molar-refractivity contribution >= 4 is 23.3 Å². The maximum atomic E-state index is 7.03. The van der Waals surface area contributed by atoms with Gasteiger partial charge >= 0.3 is 0 Å². The van der Waals surface area contributed by atoms with Gasteiger partial charge in [-0.05, 0) is 92.9 Å². The van der Waals surface area contributed by atoms with Gasteiger partial charge in [0.1, 0.15) is 5.84 Å². The number of hydrogen-bond donors (Lipinski definition) is 0. The minimum absolute atomic E-state index is 0.159. The van der Waals surface area contributed by atoms with Crippen LogP contribution in [0.3, 0.4) is 0 Å². The number of para-hydroxylation sites is 1. The van der Waals surface area contributed by atoms with Crippen molar-refractivity contribution in [2.45, 2.75) is 113 Å². The lowest BCUT2D eigenvalue weighted by atomic mass is 9.80. The molecular formula is C34H49N3O3S. The first-order chi connectivity index (χ1) is 19.3. The third kappa shape index (κ3) is 6.25. The highest BCUT2D eigenvalue weighted by Gasteiger charge is 2.51. The molecule has 6 nitrogen and oxygen atoms in total. The second kappa shape index (κ2) is 11.6. The van der Waals surface area contributed by atoms with Crippen LogP contribution >= 0.6 is 11.8 Å². The Morgan fingerprint density at radius 1 is 0.780 bits per heavy atom. The summed E-state index contributed by atoms with van der Waals surface area (Å²) in [5, 5.41) is 0. The van der Waals surface area contributed by atoms with Crippen LogP contribution < -0.4 is 0 Å². The highest BCUT2D eigenvalue weighted by Crippen LogP contribution is 2.43. The first-order valence-corrected chi connectivity index (χ1v) is 16.1. The van der Waals surface area contributed by atoms with E-state index in [4.69, 9.17) is 19.2 Å². The molecule has 2 aromatic rings. The molecule has 3 aliphatic rings. The molecule has 0 saturated carbocycles. The van der Waals surface area contributed by atoms with Gasteiger partial charge in [0.15, 0.2) is 6.29 Å². The molecule has 2 aromatic carbocycles. The summed E-state index contributed by atoms with van der Waals surface area (Å²) in [5.41, 5.74) is 0.581. The van der Waals surface area contributed by atoms with Crippen molar-refractivity contribution in [1.82, 2.24) is 9.80 Å². The monoisotopic (exact) mass is 579 g/mol. The van der Waals surface area contributed by atoms with Crippen LogP contribution in [0.15, 0.2) is 63.3 Å². The number of amidine groups is 1. The van der Waals surface area contributed by atoms with Crippen molar-refractivity contribution in [3.8, 4) is 0 Å². The van der Waals surface area contributed by atoms with E-state index in [0.717, 1.165) is 63.6 Å². The number of benzene rings is 2. The van der Waals surface area contributed by atoms with E-state index in [9.17, 15) is 0 Å². The van der Waals surface area contributed by atoms with E-state index in [2.05, 4.69) is 114 Å². The summed E-state index contributed by atoms with van der Waals surface area (Å²) in [6.45, 7) is 22.2. The van der Waals surface area contributed by atoms with Crippen molar-refractivity contribution in [3.05, 3.63) is 54.1 Å². The van der Waals surface area contributed by atoms with Gasteiger partial charge in [0.25, 0.3) is 0 Å². The minimum atomic E-state index is -0.528. The van der Waals surface area contributed by atoms with Gasteiger partial charge in [0.05, 0.1) is 22.5 Å². The fraction of sp³-hybridized carbons (Fsp3) is 0.618. The van der Waals surface area contributed by atoms with Crippen molar-refractivity contribution in [2.75, 3.05) is 32.8 Å². The molecule has 3 aliphatic heterocycles. The van der Waals surface area contributed by atoms with E-state index in [1.165, 1.54) is 15.4 Å². The van der Waals surface area contributed by atoms with Crippen LogP contribution in [0.1, 0.15) is 80.2 Å². The van der Waals surface area contributed by atoms with Gasteiger partial charge in [-0.15, -0.1) is 0 Å². The molecule has 0 radical (unpaired) electrons. The van der Waals surface area contributed by atoms with Crippen LogP contribution in [0.25, 0.3) is 0 Å². The zero-order valence-electron chi connectivity index (χ0n) is 26.3. The Hall–Kier alpha value is -1.90. The second-order valence-corrected chi connectivity index (χ2v) is 14.7. The van der Waals surface area contributed by atoms with E-state index in [1.807, 2.05) is 11.8 Å². The number of hydrogen-bond acceptors (Lipinski definition) is 7. The summed E-state index contributed by atoms with van der Waals surface area (Å²) in [7, 11) is 0. The van der Waals surface area contributed by atoms with Crippen LogP contribution in [0.5, 0.6) is 0 Å². The third-order valence-corrected chi connectivity index (χ3v) is 10.9. The zero-order valence-corrected chi connectivity index (χ0v) is 27.1.